The van der Waals surface area contributed by atoms with E-state index in [9.17, 15) is 4.79 Å². The summed E-state index contributed by atoms with van der Waals surface area (Å²) in [5.74, 6) is 2.72. The Kier molecular flexibility index (Phi) is 3.74. The molecule has 0 atom stereocenters. The molecule has 13 heavy (non-hydrogen) atoms. The van der Waals surface area contributed by atoms with Gasteiger partial charge < -0.3 is 4.74 Å². The lowest BCUT2D eigenvalue weighted by atomic mass is 10.1. The van der Waals surface area contributed by atoms with Crippen LogP contribution in [0.5, 0.6) is 0 Å². The van der Waals surface area contributed by atoms with Gasteiger partial charge in [0.15, 0.2) is 5.60 Å². The molecular weight excluding hydrogens is 180 g/mol. The number of carbonyl (C=O) groups is 1. The third-order valence-electron chi connectivity index (χ3n) is 1.14. The first-order valence-electron chi connectivity index (χ1n) is 4.36. The van der Waals surface area contributed by atoms with Gasteiger partial charge in [-0.1, -0.05) is 25.6 Å². The lowest BCUT2D eigenvalue weighted by Gasteiger charge is -2.18. The van der Waals surface area contributed by atoms with Gasteiger partial charge in [0, 0.05) is 6.92 Å². The second-order valence-electron chi connectivity index (χ2n) is 4.60. The molecule has 0 amide bonds. The zero-order valence-electron chi connectivity index (χ0n) is 9.32. The summed E-state index contributed by atoms with van der Waals surface area (Å²) >= 11 is 0. The molecule has 0 aromatic heterocycles. The highest BCUT2D eigenvalue weighted by atomic mass is 28.3. The van der Waals surface area contributed by atoms with E-state index in [0.29, 0.717) is 0 Å². The second-order valence-corrected chi connectivity index (χ2v) is 9.35. The largest absolute Gasteiger partial charge is 0.447 e. The van der Waals surface area contributed by atoms with E-state index in [-0.39, 0.29) is 5.97 Å². The lowest BCUT2D eigenvalue weighted by Crippen LogP contribution is -2.27. The van der Waals surface area contributed by atoms with Crippen LogP contribution in [0.2, 0.25) is 19.6 Å². The number of carbonyl (C=O) groups excluding carboxylic acids is 1. The number of hydrogen-bond donors (Lipinski definition) is 0. The molecule has 0 aliphatic carbocycles. The average Bonchev–Trinajstić information content (AvgIpc) is 1.79. The average molecular weight is 198 g/mol. The van der Waals surface area contributed by atoms with Crippen molar-refractivity contribution in [2.75, 3.05) is 0 Å². The summed E-state index contributed by atoms with van der Waals surface area (Å²) in [5.41, 5.74) is 2.53. The van der Waals surface area contributed by atoms with E-state index < -0.39 is 13.7 Å². The molecule has 0 fully saturated rings. The van der Waals surface area contributed by atoms with Gasteiger partial charge in [-0.05, 0) is 13.8 Å². The van der Waals surface area contributed by atoms with Crippen LogP contribution in [-0.2, 0) is 9.53 Å². The van der Waals surface area contributed by atoms with E-state index in [2.05, 4.69) is 31.1 Å². The van der Waals surface area contributed by atoms with Crippen LogP contribution in [-0.4, -0.2) is 19.6 Å². The maximum Gasteiger partial charge on any atom is 0.304 e. The fourth-order valence-electron chi connectivity index (χ4n) is 0.723. The Bertz CT molecular complexity index is 250. The van der Waals surface area contributed by atoms with Gasteiger partial charge in [-0.25, -0.2) is 0 Å². The number of ether oxygens (including phenoxy) is 1. The van der Waals surface area contributed by atoms with Gasteiger partial charge in [0.25, 0.3) is 0 Å². The van der Waals surface area contributed by atoms with Crippen LogP contribution < -0.4 is 0 Å². The van der Waals surface area contributed by atoms with Gasteiger partial charge in [-0.3, -0.25) is 4.79 Å². The predicted molar refractivity (Wildman–Crippen MR) is 57.0 cm³/mol. The zero-order chi connectivity index (χ0) is 10.7. The number of rotatable bonds is 1. The van der Waals surface area contributed by atoms with E-state index in [0.717, 1.165) is 0 Å². The summed E-state index contributed by atoms with van der Waals surface area (Å²) in [5, 5.41) is 0. The fourth-order valence-corrected chi connectivity index (χ4v) is 1.40. The minimum absolute atomic E-state index is 0.283. The van der Waals surface area contributed by atoms with Crippen molar-refractivity contribution in [3.8, 4) is 11.5 Å². The molecule has 2 nitrogen and oxygen atoms in total. The minimum atomic E-state index is -1.37. The lowest BCUT2D eigenvalue weighted by molar-refractivity contribution is -0.148. The Morgan fingerprint density at radius 2 is 1.77 bits per heavy atom. The molecule has 0 rings (SSSR count). The Hall–Kier alpha value is -0.753. The first-order valence-corrected chi connectivity index (χ1v) is 7.86. The van der Waals surface area contributed by atoms with Crippen molar-refractivity contribution < 1.29 is 9.53 Å². The van der Waals surface area contributed by atoms with E-state index in [1.165, 1.54) is 6.92 Å². The third kappa shape index (κ3) is 7.60. The summed E-state index contributed by atoms with van der Waals surface area (Å²) in [6, 6.07) is 0. The van der Waals surface area contributed by atoms with Crippen molar-refractivity contribution in [3.63, 3.8) is 0 Å². The molecule has 0 saturated carbocycles. The van der Waals surface area contributed by atoms with Crippen molar-refractivity contribution in [1.82, 2.24) is 0 Å². The summed E-state index contributed by atoms with van der Waals surface area (Å²) < 4.78 is 5.04. The minimum Gasteiger partial charge on any atom is -0.447 e. The number of hydrogen-bond acceptors (Lipinski definition) is 2. The highest BCUT2D eigenvalue weighted by Crippen LogP contribution is 2.08. The summed E-state index contributed by atoms with van der Waals surface area (Å²) in [6.45, 7) is 11.5. The molecule has 0 aliphatic heterocycles. The fraction of sp³-hybridized carbons (Fsp3) is 0.700. The zero-order valence-corrected chi connectivity index (χ0v) is 10.3. The van der Waals surface area contributed by atoms with Gasteiger partial charge >= 0.3 is 5.97 Å². The summed E-state index contributed by atoms with van der Waals surface area (Å²) in [6.07, 6.45) is 0. The first kappa shape index (κ1) is 12.2. The van der Waals surface area contributed by atoms with Gasteiger partial charge in [-0.15, -0.1) is 5.54 Å². The standard InChI is InChI=1S/C10H18O2Si/c1-9(11)12-10(2,3)7-8-13(4,5)6/h1-6H3. The molecule has 74 valence electrons. The molecule has 3 heteroatoms. The smallest absolute Gasteiger partial charge is 0.304 e. The van der Waals surface area contributed by atoms with E-state index in [1.807, 2.05) is 13.8 Å². The van der Waals surface area contributed by atoms with Gasteiger partial charge in [-0.2, -0.15) is 0 Å². The van der Waals surface area contributed by atoms with Gasteiger partial charge in [0.05, 0.1) is 0 Å². The maximum absolute atomic E-state index is 10.7. The topological polar surface area (TPSA) is 26.3 Å². The Balaban J connectivity index is 4.46. The van der Waals surface area contributed by atoms with Crippen LogP contribution >= 0.6 is 0 Å². The molecule has 0 N–H and O–H groups in total. The Labute approximate surface area is 81.7 Å². The molecular formula is C10H18O2Si. The monoisotopic (exact) mass is 198 g/mol. The van der Waals surface area contributed by atoms with Crippen LogP contribution in [0.3, 0.4) is 0 Å². The van der Waals surface area contributed by atoms with Gasteiger partial charge in [0.1, 0.15) is 8.07 Å². The Morgan fingerprint density at radius 3 is 2.08 bits per heavy atom. The van der Waals surface area contributed by atoms with Crippen LogP contribution in [0, 0.1) is 11.5 Å². The third-order valence-corrected chi connectivity index (χ3v) is 2.01. The van der Waals surface area contributed by atoms with E-state index in [4.69, 9.17) is 4.74 Å². The van der Waals surface area contributed by atoms with E-state index >= 15 is 0 Å². The van der Waals surface area contributed by atoms with Crippen molar-refractivity contribution in [2.24, 2.45) is 0 Å². The normalized spacial score (nSPS) is 11.5. The molecule has 0 radical (unpaired) electrons. The SMILES string of the molecule is CC(=O)OC(C)(C)C#C[Si](C)(C)C. The molecule has 0 unspecified atom stereocenters. The molecule has 0 aromatic rings. The highest BCUT2D eigenvalue weighted by Gasteiger charge is 2.18. The Morgan fingerprint density at radius 1 is 1.31 bits per heavy atom. The molecule has 0 saturated heterocycles. The second kappa shape index (κ2) is 3.97. The molecule has 0 aromatic carbocycles. The number of esters is 1. The quantitative estimate of drug-likeness (QED) is 0.367. The molecule has 0 aliphatic rings. The van der Waals surface area contributed by atoms with Crippen LogP contribution in [0.1, 0.15) is 20.8 Å². The van der Waals surface area contributed by atoms with Gasteiger partial charge in [0.2, 0.25) is 0 Å². The van der Waals surface area contributed by atoms with E-state index in [1.54, 1.807) is 0 Å². The molecule has 0 spiro atoms. The van der Waals surface area contributed by atoms with Crippen molar-refractivity contribution in [1.29, 1.82) is 0 Å². The molecule has 0 bridgehead atoms. The van der Waals surface area contributed by atoms with Crippen LogP contribution in [0.25, 0.3) is 0 Å². The van der Waals surface area contributed by atoms with Crippen molar-refractivity contribution in [3.05, 3.63) is 0 Å². The van der Waals surface area contributed by atoms with Crippen molar-refractivity contribution >= 4 is 14.0 Å². The maximum atomic E-state index is 10.7. The first-order chi connectivity index (χ1) is 5.62. The van der Waals surface area contributed by atoms with Crippen LogP contribution in [0.4, 0.5) is 0 Å². The van der Waals surface area contributed by atoms with Crippen LogP contribution in [0.15, 0.2) is 0 Å². The predicted octanol–water partition coefficient (Wildman–Crippen LogP) is 2.21. The summed E-state index contributed by atoms with van der Waals surface area (Å²) in [4.78, 5) is 10.7. The molecule has 0 heterocycles. The van der Waals surface area contributed by atoms with Crippen molar-refractivity contribution in [2.45, 2.75) is 46.0 Å². The highest BCUT2D eigenvalue weighted by molar-refractivity contribution is 6.83. The summed E-state index contributed by atoms with van der Waals surface area (Å²) in [7, 11) is -1.37.